The van der Waals surface area contributed by atoms with Gasteiger partial charge in [0.15, 0.2) is 5.65 Å². The number of fused-ring (bicyclic) bond motifs is 1. The van der Waals surface area contributed by atoms with Crippen molar-refractivity contribution in [1.29, 1.82) is 0 Å². The predicted octanol–water partition coefficient (Wildman–Crippen LogP) is 1.68. The summed E-state index contributed by atoms with van der Waals surface area (Å²) in [5, 5.41) is 5.13. The second-order valence-electron chi connectivity index (χ2n) is 3.21. The molecule has 0 aliphatic rings. The molecule has 14 heavy (non-hydrogen) atoms. The van der Waals surface area contributed by atoms with Crippen LogP contribution in [0, 0.1) is 6.92 Å². The predicted molar refractivity (Wildman–Crippen MR) is 54.4 cm³/mol. The van der Waals surface area contributed by atoms with E-state index in [0.29, 0.717) is 6.61 Å². The number of aryl methyl sites for hydroxylation is 2. The van der Waals surface area contributed by atoms with Gasteiger partial charge in [-0.3, -0.25) is 4.68 Å². The van der Waals surface area contributed by atoms with Gasteiger partial charge < -0.3 is 4.74 Å². The Morgan fingerprint density at radius 1 is 1.43 bits per heavy atom. The van der Waals surface area contributed by atoms with E-state index in [9.17, 15) is 0 Å². The minimum absolute atomic E-state index is 0.662. The highest BCUT2D eigenvalue weighted by molar-refractivity contribution is 5.82. The van der Waals surface area contributed by atoms with Gasteiger partial charge in [-0.05, 0) is 13.8 Å². The number of hydrogen-bond donors (Lipinski definition) is 0. The highest BCUT2D eigenvalue weighted by Crippen LogP contribution is 2.26. The molecule has 2 rings (SSSR count). The Labute approximate surface area is 82.5 Å². The Balaban J connectivity index is 2.70. The van der Waals surface area contributed by atoms with Crippen LogP contribution in [0.4, 0.5) is 0 Å². The fourth-order valence-corrected chi connectivity index (χ4v) is 1.51. The zero-order valence-corrected chi connectivity index (χ0v) is 8.61. The van der Waals surface area contributed by atoms with Crippen molar-refractivity contribution in [3.63, 3.8) is 0 Å². The molecule has 0 N–H and O–H groups in total. The van der Waals surface area contributed by atoms with E-state index in [1.165, 1.54) is 0 Å². The lowest BCUT2D eigenvalue weighted by Crippen LogP contribution is -1.97. The zero-order valence-electron chi connectivity index (χ0n) is 8.61. The van der Waals surface area contributed by atoms with Crippen molar-refractivity contribution in [2.45, 2.75) is 13.8 Å². The third-order valence-corrected chi connectivity index (χ3v) is 2.18. The maximum Gasteiger partial charge on any atom is 0.161 e. The van der Waals surface area contributed by atoms with Gasteiger partial charge in [0.2, 0.25) is 0 Å². The molecule has 0 unspecified atom stereocenters. The number of pyridine rings is 1. The van der Waals surface area contributed by atoms with Crippen LogP contribution in [-0.4, -0.2) is 21.4 Å². The fraction of sp³-hybridized carbons (Fsp3) is 0.400. The molecule has 0 aliphatic heterocycles. The highest BCUT2D eigenvalue weighted by atomic mass is 16.5. The monoisotopic (exact) mass is 191 g/mol. The van der Waals surface area contributed by atoms with Crippen LogP contribution in [0.2, 0.25) is 0 Å². The summed E-state index contributed by atoms with van der Waals surface area (Å²) in [7, 11) is 1.88. The summed E-state index contributed by atoms with van der Waals surface area (Å²) < 4.78 is 7.32. The quantitative estimate of drug-likeness (QED) is 0.725. The first-order valence-corrected chi connectivity index (χ1v) is 4.64. The van der Waals surface area contributed by atoms with Crippen LogP contribution in [0.3, 0.4) is 0 Å². The van der Waals surface area contributed by atoms with Gasteiger partial charge in [-0.1, -0.05) is 0 Å². The van der Waals surface area contributed by atoms with Gasteiger partial charge in [-0.25, -0.2) is 4.98 Å². The average molecular weight is 191 g/mol. The van der Waals surface area contributed by atoms with Crippen LogP contribution in [-0.2, 0) is 7.05 Å². The van der Waals surface area contributed by atoms with Crippen molar-refractivity contribution in [3.05, 3.63) is 18.0 Å². The summed E-state index contributed by atoms with van der Waals surface area (Å²) in [5.41, 5.74) is 1.91. The van der Waals surface area contributed by atoms with Gasteiger partial charge in [0.05, 0.1) is 18.2 Å². The lowest BCUT2D eigenvalue weighted by atomic mass is 10.2. The second kappa shape index (κ2) is 3.29. The fourth-order valence-electron chi connectivity index (χ4n) is 1.51. The first-order valence-electron chi connectivity index (χ1n) is 4.64. The van der Waals surface area contributed by atoms with E-state index in [1.54, 1.807) is 10.9 Å². The van der Waals surface area contributed by atoms with E-state index in [2.05, 4.69) is 10.1 Å². The lowest BCUT2D eigenvalue weighted by molar-refractivity contribution is 0.342. The van der Waals surface area contributed by atoms with Gasteiger partial charge in [-0.15, -0.1) is 0 Å². The third kappa shape index (κ3) is 1.23. The molecular weight excluding hydrogens is 178 g/mol. The molecule has 0 saturated heterocycles. The minimum atomic E-state index is 0.662. The van der Waals surface area contributed by atoms with E-state index < -0.39 is 0 Å². The summed E-state index contributed by atoms with van der Waals surface area (Å²) >= 11 is 0. The van der Waals surface area contributed by atoms with E-state index in [4.69, 9.17) is 4.74 Å². The molecule has 4 nitrogen and oxygen atoms in total. The Morgan fingerprint density at radius 3 is 2.93 bits per heavy atom. The van der Waals surface area contributed by atoms with Crippen molar-refractivity contribution in [2.24, 2.45) is 7.05 Å². The SMILES string of the molecule is CCOc1c(C)cnc2c1cnn2C. The van der Waals surface area contributed by atoms with Crippen LogP contribution in [0.15, 0.2) is 12.4 Å². The molecule has 0 saturated carbocycles. The number of hydrogen-bond acceptors (Lipinski definition) is 3. The van der Waals surface area contributed by atoms with Crippen LogP contribution in [0.1, 0.15) is 12.5 Å². The molecule has 0 fully saturated rings. The van der Waals surface area contributed by atoms with Crippen molar-refractivity contribution in [2.75, 3.05) is 6.61 Å². The topological polar surface area (TPSA) is 39.9 Å². The molecule has 4 heteroatoms. The zero-order chi connectivity index (χ0) is 10.1. The highest BCUT2D eigenvalue weighted by Gasteiger charge is 2.09. The smallest absolute Gasteiger partial charge is 0.161 e. The van der Waals surface area contributed by atoms with E-state index in [0.717, 1.165) is 22.3 Å². The maximum absolute atomic E-state index is 5.57. The van der Waals surface area contributed by atoms with Gasteiger partial charge in [-0.2, -0.15) is 5.10 Å². The molecular formula is C10H13N3O. The normalized spacial score (nSPS) is 10.8. The Kier molecular flexibility index (Phi) is 2.11. The van der Waals surface area contributed by atoms with Crippen molar-refractivity contribution in [1.82, 2.24) is 14.8 Å². The molecule has 2 aromatic heterocycles. The van der Waals surface area contributed by atoms with Crippen LogP contribution in [0.5, 0.6) is 5.75 Å². The minimum Gasteiger partial charge on any atom is -0.493 e. The number of rotatable bonds is 2. The largest absolute Gasteiger partial charge is 0.493 e. The van der Waals surface area contributed by atoms with Crippen LogP contribution >= 0.6 is 0 Å². The van der Waals surface area contributed by atoms with Gasteiger partial charge >= 0.3 is 0 Å². The molecule has 0 amide bonds. The standard InChI is InChI=1S/C10H13N3O/c1-4-14-9-7(2)5-11-10-8(9)6-12-13(10)3/h5-6H,4H2,1-3H3. The summed E-state index contributed by atoms with van der Waals surface area (Å²) in [6, 6.07) is 0. The summed E-state index contributed by atoms with van der Waals surface area (Å²) in [4.78, 5) is 4.30. The molecule has 0 atom stereocenters. The summed E-state index contributed by atoms with van der Waals surface area (Å²) in [6.07, 6.45) is 3.61. The van der Waals surface area contributed by atoms with Gasteiger partial charge in [0, 0.05) is 18.8 Å². The molecule has 0 radical (unpaired) electrons. The Morgan fingerprint density at radius 2 is 2.21 bits per heavy atom. The van der Waals surface area contributed by atoms with E-state index >= 15 is 0 Å². The number of ether oxygens (including phenoxy) is 1. The average Bonchev–Trinajstić information content (AvgIpc) is 2.53. The molecule has 0 aliphatic carbocycles. The first-order chi connectivity index (χ1) is 6.74. The van der Waals surface area contributed by atoms with E-state index in [1.807, 2.05) is 27.1 Å². The Bertz CT molecular complexity index is 462. The molecule has 0 aromatic carbocycles. The molecule has 2 heterocycles. The summed E-state index contributed by atoms with van der Waals surface area (Å²) in [6.45, 7) is 4.63. The summed E-state index contributed by atoms with van der Waals surface area (Å²) in [5.74, 6) is 0.894. The molecule has 0 spiro atoms. The molecule has 74 valence electrons. The van der Waals surface area contributed by atoms with Crippen molar-refractivity contribution in [3.8, 4) is 5.75 Å². The Hall–Kier alpha value is -1.58. The second-order valence-corrected chi connectivity index (χ2v) is 3.21. The van der Waals surface area contributed by atoms with Gasteiger partial charge in [0.1, 0.15) is 5.75 Å². The van der Waals surface area contributed by atoms with Gasteiger partial charge in [0.25, 0.3) is 0 Å². The first kappa shape index (κ1) is 8.99. The van der Waals surface area contributed by atoms with Crippen molar-refractivity contribution >= 4 is 11.0 Å². The number of aromatic nitrogens is 3. The third-order valence-electron chi connectivity index (χ3n) is 2.18. The lowest BCUT2D eigenvalue weighted by Gasteiger charge is -2.07. The van der Waals surface area contributed by atoms with Crippen molar-refractivity contribution < 1.29 is 4.74 Å². The van der Waals surface area contributed by atoms with Crippen LogP contribution < -0.4 is 4.74 Å². The maximum atomic E-state index is 5.57. The number of nitrogens with zero attached hydrogens (tertiary/aromatic N) is 3. The van der Waals surface area contributed by atoms with Crippen LogP contribution in [0.25, 0.3) is 11.0 Å². The molecule has 0 bridgehead atoms. The molecule has 2 aromatic rings. The van der Waals surface area contributed by atoms with E-state index in [-0.39, 0.29) is 0 Å².